The van der Waals surface area contributed by atoms with Crippen LogP contribution in [0.25, 0.3) is 21.8 Å². The molecule has 0 radical (unpaired) electrons. The third-order valence-electron chi connectivity index (χ3n) is 13.7. The molecule has 60 heavy (non-hydrogen) atoms. The molecule has 2 aromatic heterocycles. The van der Waals surface area contributed by atoms with Crippen LogP contribution >= 0.6 is 0 Å². The number of likely N-dealkylation sites (tertiary alicyclic amines) is 4. The maximum atomic E-state index is 12.8. The van der Waals surface area contributed by atoms with Crippen LogP contribution in [-0.4, -0.2) is 121 Å². The highest BCUT2D eigenvalue weighted by atomic mass is 16.1. The number of hydrogen-bond donors (Lipinski definition) is 0. The maximum absolute atomic E-state index is 12.8. The average molecular weight is 809 g/mol. The molecule has 10 heteroatoms. The normalized spacial score (nSPS) is 24.0. The number of Topliss-reactive ketones (excluding diaryl/α,β-unsaturated/α-hetero) is 2. The van der Waals surface area contributed by atoms with Gasteiger partial charge < -0.3 is 9.80 Å². The lowest BCUT2D eigenvalue weighted by Gasteiger charge is -2.37. The van der Waals surface area contributed by atoms with Gasteiger partial charge in [-0.05, 0) is 150 Å². The Morgan fingerprint density at radius 3 is 1.40 bits per heavy atom. The molecule has 0 aliphatic carbocycles. The van der Waals surface area contributed by atoms with E-state index in [-0.39, 0.29) is 0 Å². The van der Waals surface area contributed by atoms with Gasteiger partial charge in [-0.2, -0.15) is 10.5 Å². The molecule has 0 saturated carbocycles. The lowest BCUT2D eigenvalue weighted by atomic mass is 9.83. The summed E-state index contributed by atoms with van der Waals surface area (Å²) in [6.07, 6.45) is 11.8. The summed E-state index contributed by atoms with van der Waals surface area (Å²) in [5, 5.41) is 21.0. The van der Waals surface area contributed by atoms with Crippen molar-refractivity contribution < 1.29 is 9.59 Å². The first-order chi connectivity index (χ1) is 29.1. The number of ketones is 2. The minimum Gasteiger partial charge on any atom is -0.306 e. The molecule has 4 saturated heterocycles. The first-order valence-electron chi connectivity index (χ1n) is 22.5. The van der Waals surface area contributed by atoms with E-state index in [2.05, 4.69) is 93.9 Å². The standard InChI is InChI=1S/2C25H32N4O/c2*1-18-12-21(23-6-5-20(14-26)25-24(23)4-3-9-27-25)16-29(15-18)17-22(30)13-19-7-10-28(2)11-8-19/h2*3-6,9,18-19,21H,7-8,10-13,15-17H2,1-2H3/t18-,21+;18-,21-/m11/s1. The van der Waals surface area contributed by atoms with E-state index in [1.165, 1.54) is 11.1 Å². The van der Waals surface area contributed by atoms with Gasteiger partial charge in [0, 0.05) is 62.2 Å². The average Bonchev–Trinajstić information content (AvgIpc) is 3.24. The minimum atomic E-state index is 0.365. The first-order valence-corrected chi connectivity index (χ1v) is 22.5. The van der Waals surface area contributed by atoms with E-state index in [0.717, 1.165) is 126 Å². The van der Waals surface area contributed by atoms with Crippen molar-refractivity contribution in [2.45, 2.75) is 77.0 Å². The number of piperidine rings is 4. The SMILES string of the molecule is C[C@@H]1C[C@@H](c2ccc(C#N)c3ncccc23)CN(CC(=O)CC2CCN(C)CC2)C1.C[C@@H]1C[C@H](c2ccc(C#N)c3ncccc23)CN(CC(=O)CC2CCN(C)CC2)C1. The van der Waals surface area contributed by atoms with Gasteiger partial charge in [0.1, 0.15) is 23.7 Å². The Morgan fingerprint density at radius 2 is 1.02 bits per heavy atom. The molecular weight excluding hydrogens is 745 g/mol. The summed E-state index contributed by atoms with van der Waals surface area (Å²) in [4.78, 5) is 44.0. The molecule has 10 nitrogen and oxygen atoms in total. The topological polar surface area (TPSA) is 120 Å². The molecule has 6 heterocycles. The van der Waals surface area contributed by atoms with Crippen LogP contribution in [0.4, 0.5) is 0 Å². The van der Waals surface area contributed by atoms with Crippen LogP contribution in [-0.2, 0) is 9.59 Å². The van der Waals surface area contributed by atoms with Gasteiger partial charge >= 0.3 is 0 Å². The number of carbonyl (C=O) groups is 2. The number of nitriles is 2. The molecule has 0 spiro atoms. The van der Waals surface area contributed by atoms with Crippen molar-refractivity contribution in [2.24, 2.45) is 23.7 Å². The second-order valence-electron chi connectivity index (χ2n) is 18.9. The Bertz CT molecular complexity index is 2040. The van der Waals surface area contributed by atoms with Gasteiger partial charge in [-0.3, -0.25) is 29.4 Å². The summed E-state index contributed by atoms with van der Waals surface area (Å²) in [7, 11) is 4.32. The van der Waals surface area contributed by atoms with Crippen LogP contribution in [0.1, 0.15) is 99.3 Å². The molecule has 2 aromatic carbocycles. The van der Waals surface area contributed by atoms with Crippen LogP contribution in [0.3, 0.4) is 0 Å². The fourth-order valence-electron chi connectivity index (χ4n) is 10.7. The monoisotopic (exact) mass is 809 g/mol. The largest absolute Gasteiger partial charge is 0.306 e. The molecule has 4 aromatic rings. The van der Waals surface area contributed by atoms with Crippen LogP contribution in [0.2, 0.25) is 0 Å². The van der Waals surface area contributed by atoms with Gasteiger partial charge in [0.25, 0.3) is 0 Å². The van der Waals surface area contributed by atoms with Gasteiger partial charge in [0.15, 0.2) is 0 Å². The van der Waals surface area contributed by atoms with Crippen molar-refractivity contribution in [1.82, 2.24) is 29.6 Å². The fourth-order valence-corrected chi connectivity index (χ4v) is 10.7. The van der Waals surface area contributed by atoms with Gasteiger partial charge in [0.2, 0.25) is 0 Å². The number of benzene rings is 2. The van der Waals surface area contributed by atoms with Crippen LogP contribution in [0, 0.1) is 46.3 Å². The van der Waals surface area contributed by atoms with Crippen LogP contribution < -0.4 is 0 Å². The van der Waals surface area contributed by atoms with Crippen molar-refractivity contribution in [2.75, 3.05) is 79.5 Å². The van der Waals surface area contributed by atoms with Crippen molar-refractivity contribution >= 4 is 33.4 Å². The van der Waals surface area contributed by atoms with E-state index >= 15 is 0 Å². The second kappa shape index (κ2) is 20.3. The zero-order valence-corrected chi connectivity index (χ0v) is 36.4. The summed E-state index contributed by atoms with van der Waals surface area (Å²) in [5.74, 6) is 3.71. The summed E-state index contributed by atoms with van der Waals surface area (Å²) >= 11 is 0. The van der Waals surface area contributed by atoms with Crippen molar-refractivity contribution in [3.05, 3.63) is 83.2 Å². The van der Waals surface area contributed by atoms with E-state index in [1.807, 2.05) is 24.3 Å². The molecule has 8 rings (SSSR count). The van der Waals surface area contributed by atoms with Crippen LogP contribution in [0.15, 0.2) is 60.9 Å². The van der Waals surface area contributed by atoms with E-state index in [0.29, 0.717) is 71.3 Å². The molecule has 0 unspecified atom stereocenters. The third kappa shape index (κ3) is 11.0. The first kappa shape index (κ1) is 43.5. The van der Waals surface area contributed by atoms with Crippen molar-refractivity contribution in [1.29, 1.82) is 10.5 Å². The number of carbonyl (C=O) groups excluding carboxylic acids is 2. The molecular formula is C50H64N8O2. The Labute approximate surface area is 357 Å². The lowest BCUT2D eigenvalue weighted by Crippen LogP contribution is -2.42. The molecule has 4 aliphatic rings. The smallest absolute Gasteiger partial charge is 0.147 e. The predicted molar refractivity (Wildman–Crippen MR) is 239 cm³/mol. The Morgan fingerprint density at radius 1 is 0.617 bits per heavy atom. The summed E-state index contributed by atoms with van der Waals surface area (Å²) in [6.45, 7) is 13.9. The van der Waals surface area contributed by atoms with E-state index in [1.54, 1.807) is 12.4 Å². The number of nitrogens with zero attached hydrogens (tertiary/aromatic N) is 8. The van der Waals surface area contributed by atoms with Gasteiger partial charge in [0.05, 0.1) is 35.2 Å². The van der Waals surface area contributed by atoms with Gasteiger partial charge in [-0.1, -0.05) is 38.1 Å². The fraction of sp³-hybridized carbons (Fsp3) is 0.560. The summed E-state index contributed by atoms with van der Waals surface area (Å²) in [5.41, 5.74) is 5.36. The van der Waals surface area contributed by atoms with Gasteiger partial charge in [-0.15, -0.1) is 0 Å². The number of fused-ring (bicyclic) bond motifs is 2. The Kier molecular flexibility index (Phi) is 14.7. The van der Waals surface area contributed by atoms with E-state index in [4.69, 9.17) is 0 Å². The molecule has 4 fully saturated rings. The zero-order chi connectivity index (χ0) is 42.2. The molecule has 4 aliphatic heterocycles. The van der Waals surface area contributed by atoms with Gasteiger partial charge in [-0.25, -0.2) is 0 Å². The molecule has 316 valence electrons. The van der Waals surface area contributed by atoms with E-state index in [9.17, 15) is 20.1 Å². The van der Waals surface area contributed by atoms with Crippen molar-refractivity contribution in [3.8, 4) is 12.1 Å². The summed E-state index contributed by atoms with van der Waals surface area (Å²) < 4.78 is 0. The highest BCUT2D eigenvalue weighted by molar-refractivity contribution is 5.88. The Balaban J connectivity index is 0.000000181. The molecule has 0 N–H and O–H groups in total. The molecule has 4 atom stereocenters. The maximum Gasteiger partial charge on any atom is 0.147 e. The molecule has 0 bridgehead atoms. The third-order valence-corrected chi connectivity index (χ3v) is 13.7. The highest BCUT2D eigenvalue weighted by Crippen LogP contribution is 2.37. The number of rotatable bonds is 10. The predicted octanol–water partition coefficient (Wildman–Crippen LogP) is 7.67. The van der Waals surface area contributed by atoms with Crippen molar-refractivity contribution in [3.63, 3.8) is 0 Å². The van der Waals surface area contributed by atoms with E-state index < -0.39 is 0 Å². The highest BCUT2D eigenvalue weighted by Gasteiger charge is 2.31. The zero-order valence-electron chi connectivity index (χ0n) is 36.4. The Hall–Kier alpha value is -4.58. The number of aromatic nitrogens is 2. The number of pyridine rings is 2. The quantitative estimate of drug-likeness (QED) is 0.158. The van der Waals surface area contributed by atoms with Crippen LogP contribution in [0.5, 0.6) is 0 Å². The number of hydrogen-bond acceptors (Lipinski definition) is 10. The second-order valence-corrected chi connectivity index (χ2v) is 18.9. The lowest BCUT2D eigenvalue weighted by molar-refractivity contribution is -0.122. The minimum absolute atomic E-state index is 0.365. The molecule has 0 amide bonds. The summed E-state index contributed by atoms with van der Waals surface area (Å²) in [6, 6.07) is 20.6.